The summed E-state index contributed by atoms with van der Waals surface area (Å²) in [4.78, 5) is 0. The summed E-state index contributed by atoms with van der Waals surface area (Å²) in [6.07, 6.45) is -2.51. The number of alkyl halides is 2. The normalized spacial score (nSPS) is 10.6. The number of methoxy groups -OCH3 is 1. The van der Waals surface area contributed by atoms with Gasteiger partial charge >= 0.3 is 0 Å². The quantitative estimate of drug-likeness (QED) is 0.778. The first-order valence-electron chi connectivity index (χ1n) is 3.68. The summed E-state index contributed by atoms with van der Waals surface area (Å²) in [7, 11) is 1.38. The number of benzene rings is 1. The monoisotopic (exact) mass is 250 g/mol. The Morgan fingerprint density at radius 3 is 2.46 bits per heavy atom. The summed E-state index contributed by atoms with van der Waals surface area (Å²) < 4.78 is 30.4. The fraction of sp³-hybridized carbons (Fsp3) is 0.333. The topological polar surface area (TPSA) is 9.23 Å². The number of hydrogen-bond donors (Lipinski definition) is 0. The Hall–Kier alpha value is -0.640. The van der Waals surface area contributed by atoms with Crippen molar-refractivity contribution < 1.29 is 13.5 Å². The lowest BCUT2D eigenvalue weighted by molar-refractivity contribution is 0.147. The van der Waals surface area contributed by atoms with E-state index in [-0.39, 0.29) is 11.3 Å². The molecule has 0 atom stereocenters. The molecule has 1 rings (SSSR count). The molecule has 0 radical (unpaired) electrons. The van der Waals surface area contributed by atoms with Crippen LogP contribution in [0.15, 0.2) is 16.6 Å². The minimum atomic E-state index is -2.51. The van der Waals surface area contributed by atoms with Gasteiger partial charge < -0.3 is 4.74 Å². The molecule has 1 aromatic rings. The summed E-state index contributed by atoms with van der Waals surface area (Å²) in [6.45, 7) is 1.76. The van der Waals surface area contributed by atoms with Gasteiger partial charge in [0, 0.05) is 0 Å². The van der Waals surface area contributed by atoms with Crippen LogP contribution in [-0.2, 0) is 0 Å². The van der Waals surface area contributed by atoms with Crippen LogP contribution in [0.2, 0.25) is 0 Å². The number of halogens is 3. The first-order valence-corrected chi connectivity index (χ1v) is 4.47. The van der Waals surface area contributed by atoms with E-state index in [2.05, 4.69) is 15.9 Å². The lowest BCUT2D eigenvalue weighted by atomic mass is 10.1. The van der Waals surface area contributed by atoms with Crippen LogP contribution < -0.4 is 4.74 Å². The summed E-state index contributed by atoms with van der Waals surface area (Å²) in [5.74, 6) is 0.209. The Labute approximate surface area is 83.8 Å². The van der Waals surface area contributed by atoms with Crippen molar-refractivity contribution >= 4 is 15.9 Å². The molecular weight excluding hydrogens is 242 g/mol. The van der Waals surface area contributed by atoms with Gasteiger partial charge in [-0.2, -0.15) is 0 Å². The van der Waals surface area contributed by atoms with E-state index >= 15 is 0 Å². The minimum Gasteiger partial charge on any atom is -0.495 e. The Morgan fingerprint density at radius 2 is 2.00 bits per heavy atom. The lowest BCUT2D eigenvalue weighted by Gasteiger charge is -2.10. The summed E-state index contributed by atoms with van der Waals surface area (Å²) >= 11 is 3.17. The van der Waals surface area contributed by atoms with E-state index in [1.807, 2.05) is 0 Å². The third-order valence-electron chi connectivity index (χ3n) is 1.66. The largest absolute Gasteiger partial charge is 0.495 e. The molecule has 4 heteroatoms. The third kappa shape index (κ3) is 2.18. The van der Waals surface area contributed by atoms with Crippen molar-refractivity contribution in [2.45, 2.75) is 13.3 Å². The highest BCUT2D eigenvalue weighted by Crippen LogP contribution is 2.36. The van der Waals surface area contributed by atoms with Crippen molar-refractivity contribution in [1.82, 2.24) is 0 Å². The van der Waals surface area contributed by atoms with Gasteiger partial charge in [0.2, 0.25) is 0 Å². The van der Waals surface area contributed by atoms with Crippen LogP contribution in [0.1, 0.15) is 17.6 Å². The average molecular weight is 251 g/mol. The van der Waals surface area contributed by atoms with Gasteiger partial charge in [-0.05, 0) is 40.5 Å². The van der Waals surface area contributed by atoms with E-state index in [9.17, 15) is 8.78 Å². The average Bonchev–Trinajstić information content (AvgIpc) is 2.02. The van der Waals surface area contributed by atoms with Crippen molar-refractivity contribution in [1.29, 1.82) is 0 Å². The molecule has 0 unspecified atom stereocenters. The summed E-state index contributed by atoms with van der Waals surface area (Å²) in [5, 5.41) is 0. The number of rotatable bonds is 2. The Balaban J connectivity index is 3.29. The van der Waals surface area contributed by atoms with Crippen LogP contribution in [-0.4, -0.2) is 7.11 Å². The molecule has 0 aliphatic rings. The van der Waals surface area contributed by atoms with E-state index in [1.54, 1.807) is 13.0 Å². The standard InChI is InChI=1S/C9H9BrF2O/c1-5-3-6(9(11)12)8(13-2)7(10)4-5/h3-4,9H,1-2H3. The molecule has 0 spiro atoms. The molecule has 0 heterocycles. The van der Waals surface area contributed by atoms with Gasteiger partial charge in [0.25, 0.3) is 6.43 Å². The minimum absolute atomic E-state index is 0.0747. The van der Waals surface area contributed by atoms with Crippen LogP contribution in [0, 0.1) is 6.92 Å². The molecule has 0 saturated carbocycles. The zero-order valence-electron chi connectivity index (χ0n) is 7.27. The maximum Gasteiger partial charge on any atom is 0.267 e. The van der Waals surface area contributed by atoms with E-state index in [4.69, 9.17) is 4.74 Å². The molecule has 0 fully saturated rings. The maximum atomic E-state index is 12.5. The second kappa shape index (κ2) is 4.05. The molecule has 0 bridgehead atoms. The van der Waals surface area contributed by atoms with Crippen molar-refractivity contribution in [2.24, 2.45) is 0 Å². The third-order valence-corrected chi connectivity index (χ3v) is 2.24. The SMILES string of the molecule is COc1c(Br)cc(C)cc1C(F)F. The van der Waals surface area contributed by atoms with Crippen LogP contribution in [0.25, 0.3) is 0 Å². The maximum absolute atomic E-state index is 12.5. The Bertz CT molecular complexity index is 313. The lowest BCUT2D eigenvalue weighted by Crippen LogP contribution is -1.94. The highest BCUT2D eigenvalue weighted by atomic mass is 79.9. The van der Waals surface area contributed by atoms with Crippen LogP contribution >= 0.6 is 15.9 Å². The molecular formula is C9H9BrF2O. The van der Waals surface area contributed by atoms with Gasteiger partial charge in [0.15, 0.2) is 0 Å². The predicted octanol–water partition coefficient (Wildman–Crippen LogP) is 3.70. The Kier molecular flexibility index (Phi) is 3.25. The predicted molar refractivity (Wildman–Crippen MR) is 50.4 cm³/mol. The number of aryl methyl sites for hydroxylation is 1. The van der Waals surface area contributed by atoms with E-state index < -0.39 is 6.43 Å². The van der Waals surface area contributed by atoms with Crippen LogP contribution in [0.3, 0.4) is 0 Å². The van der Waals surface area contributed by atoms with Crippen molar-refractivity contribution in [3.05, 3.63) is 27.7 Å². The van der Waals surface area contributed by atoms with Crippen molar-refractivity contribution in [2.75, 3.05) is 7.11 Å². The van der Waals surface area contributed by atoms with Gasteiger partial charge in [-0.15, -0.1) is 0 Å². The zero-order chi connectivity index (χ0) is 10.0. The first kappa shape index (κ1) is 10.4. The second-order valence-corrected chi connectivity index (χ2v) is 3.52. The highest BCUT2D eigenvalue weighted by Gasteiger charge is 2.16. The number of hydrogen-bond acceptors (Lipinski definition) is 1. The molecule has 13 heavy (non-hydrogen) atoms. The molecule has 1 nitrogen and oxygen atoms in total. The van der Waals surface area contributed by atoms with Crippen LogP contribution in [0.5, 0.6) is 5.75 Å². The zero-order valence-corrected chi connectivity index (χ0v) is 8.86. The molecule has 0 amide bonds. The molecule has 0 saturated heterocycles. The van der Waals surface area contributed by atoms with Crippen molar-refractivity contribution in [3.63, 3.8) is 0 Å². The molecule has 0 aliphatic heterocycles. The summed E-state index contributed by atoms with van der Waals surface area (Å²) in [5.41, 5.74) is 0.706. The molecule has 0 N–H and O–H groups in total. The Morgan fingerprint density at radius 1 is 1.38 bits per heavy atom. The fourth-order valence-corrected chi connectivity index (χ4v) is 1.89. The van der Waals surface area contributed by atoms with Gasteiger partial charge in [-0.25, -0.2) is 8.78 Å². The van der Waals surface area contributed by atoms with Gasteiger partial charge in [0.1, 0.15) is 5.75 Å². The highest BCUT2D eigenvalue weighted by molar-refractivity contribution is 9.10. The van der Waals surface area contributed by atoms with Gasteiger partial charge in [0.05, 0.1) is 17.1 Å². The van der Waals surface area contributed by atoms with E-state index in [0.29, 0.717) is 4.47 Å². The van der Waals surface area contributed by atoms with Crippen molar-refractivity contribution in [3.8, 4) is 5.75 Å². The first-order chi connectivity index (χ1) is 6.06. The van der Waals surface area contributed by atoms with E-state index in [1.165, 1.54) is 13.2 Å². The van der Waals surface area contributed by atoms with Crippen LogP contribution in [0.4, 0.5) is 8.78 Å². The van der Waals surface area contributed by atoms with Gasteiger partial charge in [-0.3, -0.25) is 0 Å². The number of ether oxygens (including phenoxy) is 1. The fourth-order valence-electron chi connectivity index (χ4n) is 1.13. The van der Waals surface area contributed by atoms with E-state index in [0.717, 1.165) is 5.56 Å². The van der Waals surface area contributed by atoms with Gasteiger partial charge in [-0.1, -0.05) is 0 Å². The molecule has 0 aliphatic carbocycles. The molecule has 1 aromatic carbocycles. The smallest absolute Gasteiger partial charge is 0.267 e. The molecule has 72 valence electrons. The molecule has 0 aromatic heterocycles. The summed E-state index contributed by atoms with van der Waals surface area (Å²) in [6, 6.07) is 3.17. The second-order valence-electron chi connectivity index (χ2n) is 2.67.